The number of aryl methyl sites for hydroxylation is 1. The van der Waals surface area contributed by atoms with Gasteiger partial charge in [-0.3, -0.25) is 9.58 Å². The van der Waals surface area contributed by atoms with Crippen molar-refractivity contribution in [3.05, 3.63) is 18.0 Å². The van der Waals surface area contributed by atoms with Gasteiger partial charge in [-0.15, -0.1) is 0 Å². The molecule has 1 aromatic heterocycles. The first kappa shape index (κ1) is 10.6. The molecular weight excluding hydrogens is 188 g/mol. The molecule has 1 aromatic rings. The smallest absolute Gasteiger partial charge is 0.0764 e. The van der Waals surface area contributed by atoms with Crippen molar-refractivity contribution in [1.29, 1.82) is 0 Å². The Morgan fingerprint density at radius 1 is 1.53 bits per heavy atom. The van der Waals surface area contributed by atoms with Crippen LogP contribution in [-0.2, 0) is 13.6 Å². The van der Waals surface area contributed by atoms with Crippen LogP contribution in [0.3, 0.4) is 0 Å². The lowest BCUT2D eigenvalue weighted by molar-refractivity contribution is 0.0812. The van der Waals surface area contributed by atoms with Crippen LogP contribution >= 0.6 is 0 Å². The number of hydrogen-bond acceptors (Lipinski definition) is 3. The van der Waals surface area contributed by atoms with Crippen LogP contribution in [0.5, 0.6) is 0 Å². The van der Waals surface area contributed by atoms with E-state index in [1.807, 2.05) is 17.9 Å². The minimum atomic E-state index is 0.232. The van der Waals surface area contributed by atoms with Gasteiger partial charge in [-0.1, -0.05) is 0 Å². The average Bonchev–Trinajstić information content (AvgIpc) is 2.55. The third-order valence-corrected chi connectivity index (χ3v) is 3.09. The number of nitrogens with one attached hydrogen (secondary N) is 1. The molecule has 2 rings (SSSR count). The second-order valence-electron chi connectivity index (χ2n) is 4.89. The molecule has 1 aliphatic rings. The van der Waals surface area contributed by atoms with Crippen LogP contribution in [0.2, 0.25) is 0 Å². The van der Waals surface area contributed by atoms with E-state index >= 15 is 0 Å². The Kier molecular flexibility index (Phi) is 2.80. The minimum Gasteiger partial charge on any atom is -0.314 e. The summed E-state index contributed by atoms with van der Waals surface area (Å²) in [6, 6.07) is 2.10. The van der Waals surface area contributed by atoms with Gasteiger partial charge in [-0.05, 0) is 19.9 Å². The van der Waals surface area contributed by atoms with Crippen LogP contribution < -0.4 is 5.32 Å². The van der Waals surface area contributed by atoms with Crippen molar-refractivity contribution in [3.8, 4) is 0 Å². The van der Waals surface area contributed by atoms with Crippen LogP contribution in [0.1, 0.15) is 19.5 Å². The molecule has 0 amide bonds. The van der Waals surface area contributed by atoms with Crippen LogP contribution in [0.25, 0.3) is 0 Å². The molecule has 84 valence electrons. The molecular formula is C11H20N4. The standard InChI is InChI=1S/C11H20N4/c1-11(2)9-12-5-7-15(11)8-10-4-6-14(3)13-10/h4,6,12H,5,7-9H2,1-3H3. The van der Waals surface area contributed by atoms with Crippen molar-refractivity contribution < 1.29 is 0 Å². The zero-order chi connectivity index (χ0) is 10.9. The molecule has 4 nitrogen and oxygen atoms in total. The second-order valence-corrected chi connectivity index (χ2v) is 4.89. The monoisotopic (exact) mass is 208 g/mol. The molecule has 1 N–H and O–H groups in total. The van der Waals surface area contributed by atoms with Crippen molar-refractivity contribution in [3.63, 3.8) is 0 Å². The first-order chi connectivity index (χ1) is 7.08. The Morgan fingerprint density at radius 2 is 2.33 bits per heavy atom. The lowest BCUT2D eigenvalue weighted by atomic mass is 10.00. The fourth-order valence-electron chi connectivity index (χ4n) is 2.06. The fraction of sp³-hybridized carbons (Fsp3) is 0.727. The first-order valence-electron chi connectivity index (χ1n) is 5.52. The van der Waals surface area contributed by atoms with Crippen LogP contribution in [0, 0.1) is 0 Å². The van der Waals surface area contributed by atoms with Gasteiger partial charge in [0.05, 0.1) is 5.69 Å². The van der Waals surface area contributed by atoms with Crippen molar-refractivity contribution in [1.82, 2.24) is 20.0 Å². The average molecular weight is 208 g/mol. The third-order valence-electron chi connectivity index (χ3n) is 3.09. The highest BCUT2D eigenvalue weighted by molar-refractivity contribution is 5.01. The SMILES string of the molecule is Cn1ccc(CN2CCNCC2(C)C)n1. The highest BCUT2D eigenvalue weighted by atomic mass is 15.3. The van der Waals surface area contributed by atoms with Crippen molar-refractivity contribution in [2.24, 2.45) is 7.05 Å². The summed E-state index contributed by atoms with van der Waals surface area (Å²) in [5.41, 5.74) is 1.39. The molecule has 0 aliphatic carbocycles. The Bertz CT molecular complexity index is 329. The van der Waals surface area contributed by atoms with E-state index < -0.39 is 0 Å². The summed E-state index contributed by atoms with van der Waals surface area (Å²) in [5.74, 6) is 0. The topological polar surface area (TPSA) is 33.1 Å². The quantitative estimate of drug-likeness (QED) is 0.773. The van der Waals surface area contributed by atoms with Gasteiger partial charge in [0.25, 0.3) is 0 Å². The molecule has 2 heterocycles. The van der Waals surface area contributed by atoms with Crippen molar-refractivity contribution >= 4 is 0 Å². The van der Waals surface area contributed by atoms with E-state index in [1.165, 1.54) is 0 Å². The van der Waals surface area contributed by atoms with E-state index in [0.29, 0.717) is 0 Å². The summed E-state index contributed by atoms with van der Waals surface area (Å²) in [5, 5.41) is 7.85. The highest BCUT2D eigenvalue weighted by Crippen LogP contribution is 2.18. The van der Waals surface area contributed by atoms with E-state index in [9.17, 15) is 0 Å². The van der Waals surface area contributed by atoms with E-state index in [4.69, 9.17) is 0 Å². The molecule has 0 unspecified atom stereocenters. The van der Waals surface area contributed by atoms with Gasteiger partial charge in [-0.25, -0.2) is 0 Å². The maximum atomic E-state index is 4.42. The highest BCUT2D eigenvalue weighted by Gasteiger charge is 2.29. The molecule has 0 saturated carbocycles. The largest absolute Gasteiger partial charge is 0.314 e. The molecule has 0 atom stereocenters. The minimum absolute atomic E-state index is 0.232. The zero-order valence-corrected chi connectivity index (χ0v) is 9.82. The normalized spacial score (nSPS) is 21.8. The summed E-state index contributed by atoms with van der Waals surface area (Å²) in [4.78, 5) is 2.49. The molecule has 1 fully saturated rings. The fourth-order valence-corrected chi connectivity index (χ4v) is 2.06. The number of rotatable bonds is 2. The molecule has 4 heteroatoms. The first-order valence-corrected chi connectivity index (χ1v) is 5.52. The molecule has 0 bridgehead atoms. The van der Waals surface area contributed by atoms with Gasteiger partial charge < -0.3 is 5.32 Å². The summed E-state index contributed by atoms with van der Waals surface area (Å²) in [6.45, 7) is 8.75. The van der Waals surface area contributed by atoms with Gasteiger partial charge >= 0.3 is 0 Å². The summed E-state index contributed by atoms with van der Waals surface area (Å²) >= 11 is 0. The van der Waals surface area contributed by atoms with Gasteiger partial charge in [0, 0.05) is 45.0 Å². The number of piperazine rings is 1. The summed E-state index contributed by atoms with van der Waals surface area (Å²) in [7, 11) is 1.96. The van der Waals surface area contributed by atoms with Crippen LogP contribution in [0.15, 0.2) is 12.3 Å². The summed E-state index contributed by atoms with van der Waals surface area (Å²) in [6.07, 6.45) is 2.00. The van der Waals surface area contributed by atoms with E-state index in [0.717, 1.165) is 31.9 Å². The van der Waals surface area contributed by atoms with Gasteiger partial charge in [0.1, 0.15) is 0 Å². The Hall–Kier alpha value is -0.870. The van der Waals surface area contributed by atoms with Gasteiger partial charge in [-0.2, -0.15) is 5.10 Å². The lowest BCUT2D eigenvalue weighted by Crippen LogP contribution is -2.57. The molecule has 0 aromatic carbocycles. The van der Waals surface area contributed by atoms with Crippen molar-refractivity contribution in [2.45, 2.75) is 25.9 Å². The van der Waals surface area contributed by atoms with Gasteiger partial charge in [0.15, 0.2) is 0 Å². The maximum absolute atomic E-state index is 4.42. The number of hydrogen-bond donors (Lipinski definition) is 1. The van der Waals surface area contributed by atoms with Crippen LogP contribution in [-0.4, -0.2) is 39.9 Å². The second kappa shape index (κ2) is 3.94. The van der Waals surface area contributed by atoms with E-state index in [1.54, 1.807) is 0 Å². The predicted octanol–water partition coefficient (Wildman–Crippen LogP) is 0.604. The Labute approximate surface area is 91.3 Å². The van der Waals surface area contributed by atoms with Crippen molar-refractivity contribution in [2.75, 3.05) is 19.6 Å². The predicted molar refractivity (Wildman–Crippen MR) is 60.6 cm³/mol. The maximum Gasteiger partial charge on any atom is 0.0764 e. The van der Waals surface area contributed by atoms with E-state index in [2.05, 4.69) is 35.2 Å². The molecule has 15 heavy (non-hydrogen) atoms. The number of nitrogens with zero attached hydrogens (tertiary/aromatic N) is 3. The lowest BCUT2D eigenvalue weighted by Gasteiger charge is -2.42. The van der Waals surface area contributed by atoms with Gasteiger partial charge in [0.2, 0.25) is 0 Å². The Morgan fingerprint density at radius 3 is 2.93 bits per heavy atom. The molecule has 0 radical (unpaired) electrons. The molecule has 0 spiro atoms. The molecule has 1 saturated heterocycles. The van der Waals surface area contributed by atoms with E-state index in [-0.39, 0.29) is 5.54 Å². The Balaban J connectivity index is 2.04. The number of aromatic nitrogens is 2. The third kappa shape index (κ3) is 2.38. The zero-order valence-electron chi connectivity index (χ0n) is 9.82. The van der Waals surface area contributed by atoms with Crippen LogP contribution in [0.4, 0.5) is 0 Å². The molecule has 1 aliphatic heterocycles. The summed E-state index contributed by atoms with van der Waals surface area (Å²) < 4.78 is 1.87.